The Morgan fingerprint density at radius 2 is 2.19 bits per heavy atom. The third-order valence-corrected chi connectivity index (χ3v) is 7.76. The molecular formula is C21H22N4O5S. The number of carboxylic acid groups (broad SMARTS) is 1. The first-order valence-corrected chi connectivity index (χ1v) is 11.3. The van der Waals surface area contributed by atoms with E-state index in [1.807, 2.05) is 6.92 Å². The quantitative estimate of drug-likeness (QED) is 0.427. The number of aromatic carboxylic acids is 1. The van der Waals surface area contributed by atoms with E-state index >= 15 is 0 Å². The SMILES string of the molecule is C#CCN([C@@H](C)C1CCCN1)S(=O)(=O)c1ccc2[nH]c(=O)c3[nH]cc(C(=O)O)c3c2c1. The van der Waals surface area contributed by atoms with Crippen LogP contribution in [0.15, 0.2) is 34.1 Å². The predicted molar refractivity (Wildman–Crippen MR) is 117 cm³/mol. The molecule has 1 aliphatic rings. The summed E-state index contributed by atoms with van der Waals surface area (Å²) in [5, 5.41) is 13.3. The average molecular weight is 442 g/mol. The second-order valence-corrected chi connectivity index (χ2v) is 9.51. The molecule has 31 heavy (non-hydrogen) atoms. The van der Waals surface area contributed by atoms with Crippen LogP contribution < -0.4 is 10.9 Å². The Bertz CT molecular complexity index is 1380. The zero-order valence-corrected chi connectivity index (χ0v) is 17.6. The van der Waals surface area contributed by atoms with Crippen molar-refractivity contribution in [3.05, 3.63) is 40.3 Å². The van der Waals surface area contributed by atoms with Crippen LogP contribution in [-0.4, -0.2) is 58.9 Å². The summed E-state index contributed by atoms with van der Waals surface area (Å²) >= 11 is 0. The second-order valence-electron chi connectivity index (χ2n) is 7.62. The van der Waals surface area contributed by atoms with Gasteiger partial charge in [-0.3, -0.25) is 4.79 Å². The Labute approximate surface area is 178 Å². The standard InChI is InChI=1S/C21H22N4O5S/c1-3-9-25(12(2)16-5-4-8-22-16)31(29,30)13-6-7-17-14(10-13)18-15(21(27)28)11-23-19(18)20(26)24-17/h1,6-7,10-12,16,22-23H,4-5,8-9H2,2H3,(H,24,26)(H,27,28)/t12-,16?/m0/s1. The molecule has 10 heteroatoms. The van der Waals surface area contributed by atoms with Crippen molar-refractivity contribution in [1.82, 2.24) is 19.6 Å². The number of hydrogen-bond donors (Lipinski definition) is 4. The number of aromatic amines is 2. The van der Waals surface area contributed by atoms with Crippen molar-refractivity contribution in [3.63, 3.8) is 0 Å². The molecule has 0 saturated carbocycles. The molecular weight excluding hydrogens is 420 g/mol. The largest absolute Gasteiger partial charge is 0.478 e. The number of pyridine rings is 1. The van der Waals surface area contributed by atoms with Gasteiger partial charge in [0, 0.05) is 34.6 Å². The lowest BCUT2D eigenvalue weighted by molar-refractivity contribution is 0.0699. The first-order valence-electron chi connectivity index (χ1n) is 9.85. The first-order chi connectivity index (χ1) is 14.8. The molecule has 4 rings (SSSR count). The third-order valence-electron chi connectivity index (χ3n) is 5.83. The average Bonchev–Trinajstić information content (AvgIpc) is 3.41. The van der Waals surface area contributed by atoms with Gasteiger partial charge in [-0.1, -0.05) is 5.92 Å². The van der Waals surface area contributed by atoms with Gasteiger partial charge in [0.2, 0.25) is 10.0 Å². The molecule has 4 N–H and O–H groups in total. The summed E-state index contributed by atoms with van der Waals surface area (Å²) in [6.07, 6.45) is 8.51. The van der Waals surface area contributed by atoms with Crippen molar-refractivity contribution in [2.45, 2.75) is 36.7 Å². The predicted octanol–water partition coefficient (Wildman–Crippen LogP) is 1.47. The molecule has 2 aromatic heterocycles. The molecule has 162 valence electrons. The molecule has 1 fully saturated rings. The van der Waals surface area contributed by atoms with Crippen molar-refractivity contribution in [1.29, 1.82) is 0 Å². The van der Waals surface area contributed by atoms with E-state index in [9.17, 15) is 23.1 Å². The molecule has 1 unspecified atom stereocenters. The molecule has 1 aliphatic heterocycles. The van der Waals surface area contributed by atoms with E-state index in [0.717, 1.165) is 19.4 Å². The fourth-order valence-corrected chi connectivity index (χ4v) is 5.84. The Morgan fingerprint density at radius 1 is 1.42 bits per heavy atom. The molecule has 0 spiro atoms. The molecule has 1 saturated heterocycles. The van der Waals surface area contributed by atoms with E-state index in [4.69, 9.17) is 6.42 Å². The first kappa shape index (κ1) is 21.1. The van der Waals surface area contributed by atoms with Crippen LogP contribution in [0.1, 0.15) is 30.1 Å². The molecule has 0 radical (unpaired) electrons. The molecule has 1 aromatic carbocycles. The number of terminal acetylenes is 1. The minimum Gasteiger partial charge on any atom is -0.478 e. The van der Waals surface area contributed by atoms with Gasteiger partial charge in [0.15, 0.2) is 0 Å². The van der Waals surface area contributed by atoms with Crippen LogP contribution in [0, 0.1) is 12.3 Å². The summed E-state index contributed by atoms with van der Waals surface area (Å²) in [6.45, 7) is 2.56. The van der Waals surface area contributed by atoms with Crippen LogP contribution in [0.5, 0.6) is 0 Å². The van der Waals surface area contributed by atoms with Gasteiger partial charge in [-0.15, -0.1) is 6.42 Å². The Morgan fingerprint density at radius 3 is 2.84 bits per heavy atom. The monoisotopic (exact) mass is 442 g/mol. The number of rotatable bonds is 6. The highest BCUT2D eigenvalue weighted by Crippen LogP contribution is 2.29. The summed E-state index contributed by atoms with van der Waals surface area (Å²) in [6, 6.07) is 3.88. The van der Waals surface area contributed by atoms with Gasteiger partial charge in [0.05, 0.1) is 17.0 Å². The van der Waals surface area contributed by atoms with Crippen molar-refractivity contribution in [3.8, 4) is 12.3 Å². The lowest BCUT2D eigenvalue weighted by Crippen LogP contribution is -2.48. The topological polar surface area (TPSA) is 135 Å². The van der Waals surface area contributed by atoms with Gasteiger partial charge < -0.3 is 20.4 Å². The lowest BCUT2D eigenvalue weighted by atomic mass is 10.1. The van der Waals surface area contributed by atoms with E-state index in [1.54, 1.807) is 0 Å². The Kier molecular flexibility index (Phi) is 5.35. The molecule has 3 heterocycles. The smallest absolute Gasteiger partial charge is 0.337 e. The summed E-state index contributed by atoms with van der Waals surface area (Å²) in [5.74, 6) is 1.21. The van der Waals surface area contributed by atoms with Crippen LogP contribution >= 0.6 is 0 Å². The number of sulfonamides is 1. The zero-order valence-electron chi connectivity index (χ0n) is 16.8. The number of nitrogens with one attached hydrogen (secondary N) is 3. The van der Waals surface area contributed by atoms with Gasteiger partial charge in [-0.25, -0.2) is 13.2 Å². The minimum absolute atomic E-state index is 0.00469. The van der Waals surface area contributed by atoms with Gasteiger partial charge >= 0.3 is 5.97 Å². The summed E-state index contributed by atoms with van der Waals surface area (Å²) in [4.78, 5) is 29.3. The van der Waals surface area contributed by atoms with E-state index in [0.29, 0.717) is 10.9 Å². The maximum Gasteiger partial charge on any atom is 0.337 e. The van der Waals surface area contributed by atoms with Crippen molar-refractivity contribution < 1.29 is 18.3 Å². The van der Waals surface area contributed by atoms with Crippen LogP contribution in [0.3, 0.4) is 0 Å². The van der Waals surface area contributed by atoms with E-state index in [2.05, 4.69) is 21.2 Å². The Hall–Kier alpha value is -3.13. The zero-order chi connectivity index (χ0) is 22.3. The van der Waals surface area contributed by atoms with Crippen molar-refractivity contribution in [2.75, 3.05) is 13.1 Å². The van der Waals surface area contributed by atoms with Gasteiger partial charge in [0.1, 0.15) is 5.52 Å². The summed E-state index contributed by atoms with van der Waals surface area (Å²) in [7, 11) is -3.99. The van der Waals surface area contributed by atoms with Gasteiger partial charge in [-0.2, -0.15) is 4.31 Å². The Balaban J connectivity index is 1.90. The highest BCUT2D eigenvalue weighted by Gasteiger charge is 2.34. The normalized spacial score (nSPS) is 17.9. The fraction of sp³-hybridized carbons (Fsp3) is 0.333. The van der Waals surface area contributed by atoms with E-state index in [1.165, 1.54) is 28.7 Å². The molecule has 2 atom stereocenters. The summed E-state index contributed by atoms with van der Waals surface area (Å²) in [5.41, 5.74) is -0.179. The number of hydrogen-bond acceptors (Lipinski definition) is 5. The molecule has 0 amide bonds. The fourth-order valence-electron chi connectivity index (χ4n) is 4.23. The van der Waals surface area contributed by atoms with Crippen LogP contribution in [0.2, 0.25) is 0 Å². The number of carboxylic acids is 1. The second kappa shape index (κ2) is 7.85. The third kappa shape index (κ3) is 3.50. The van der Waals surface area contributed by atoms with Gasteiger partial charge in [-0.05, 0) is 44.5 Å². The minimum atomic E-state index is -3.99. The molecule has 0 bridgehead atoms. The number of H-pyrrole nitrogens is 2. The van der Waals surface area contributed by atoms with Crippen LogP contribution in [0.25, 0.3) is 21.8 Å². The number of benzene rings is 1. The molecule has 0 aliphatic carbocycles. The number of aromatic nitrogens is 2. The number of fused-ring (bicyclic) bond motifs is 3. The number of nitrogens with zero attached hydrogens (tertiary/aromatic N) is 1. The molecule has 3 aromatic rings. The number of carbonyl (C=O) groups is 1. The van der Waals surface area contributed by atoms with E-state index in [-0.39, 0.29) is 40.0 Å². The summed E-state index contributed by atoms with van der Waals surface area (Å²) < 4.78 is 28.3. The van der Waals surface area contributed by atoms with Crippen LogP contribution in [-0.2, 0) is 10.0 Å². The highest BCUT2D eigenvalue weighted by atomic mass is 32.2. The lowest BCUT2D eigenvalue weighted by Gasteiger charge is -2.31. The maximum absolute atomic E-state index is 13.5. The van der Waals surface area contributed by atoms with Crippen molar-refractivity contribution in [2.24, 2.45) is 0 Å². The van der Waals surface area contributed by atoms with E-state index < -0.39 is 21.6 Å². The molecule has 9 nitrogen and oxygen atoms in total. The van der Waals surface area contributed by atoms with Gasteiger partial charge in [0.25, 0.3) is 5.56 Å². The highest BCUT2D eigenvalue weighted by molar-refractivity contribution is 7.89. The van der Waals surface area contributed by atoms with Crippen molar-refractivity contribution >= 4 is 37.8 Å². The maximum atomic E-state index is 13.5. The van der Waals surface area contributed by atoms with Crippen LogP contribution in [0.4, 0.5) is 0 Å².